The summed E-state index contributed by atoms with van der Waals surface area (Å²) in [6, 6.07) is 8.61. The van der Waals surface area contributed by atoms with Crippen molar-refractivity contribution in [3.8, 4) is 17.3 Å². The number of benzene rings is 1. The van der Waals surface area contributed by atoms with Crippen LogP contribution in [0.3, 0.4) is 0 Å². The van der Waals surface area contributed by atoms with Crippen LogP contribution in [0.15, 0.2) is 40.9 Å². The average Bonchev–Trinajstić information content (AvgIpc) is 2.85. The molecule has 0 saturated carbocycles. The summed E-state index contributed by atoms with van der Waals surface area (Å²) in [5.41, 5.74) is 2.50. The third kappa shape index (κ3) is 2.12. The highest BCUT2D eigenvalue weighted by Crippen LogP contribution is 2.38. The second kappa shape index (κ2) is 4.94. The van der Waals surface area contributed by atoms with Crippen molar-refractivity contribution in [1.29, 1.82) is 0 Å². The van der Waals surface area contributed by atoms with Crippen LogP contribution in [0.4, 0.5) is 0 Å². The number of aromatic hydroxyl groups is 1. The van der Waals surface area contributed by atoms with Gasteiger partial charge in [-0.1, -0.05) is 12.1 Å². The lowest BCUT2D eigenvalue weighted by atomic mass is 10.1. The predicted octanol–water partition coefficient (Wildman–Crippen LogP) is 3.30. The van der Waals surface area contributed by atoms with Gasteiger partial charge in [0.15, 0.2) is 5.76 Å². The van der Waals surface area contributed by atoms with E-state index in [4.69, 9.17) is 9.15 Å². The minimum atomic E-state index is -0.430. The summed E-state index contributed by atoms with van der Waals surface area (Å²) in [6.45, 7) is 1.87. The minimum Gasteiger partial charge on any atom is -0.480 e. The van der Waals surface area contributed by atoms with Crippen LogP contribution in [0.2, 0.25) is 0 Å². The summed E-state index contributed by atoms with van der Waals surface area (Å²) < 4.78 is 10.1. The van der Waals surface area contributed by atoms with E-state index in [9.17, 15) is 9.90 Å². The van der Waals surface area contributed by atoms with E-state index < -0.39 is 5.97 Å². The molecule has 0 unspecified atom stereocenters. The number of furan rings is 1. The Morgan fingerprint density at radius 1 is 1.33 bits per heavy atom. The second-order valence-electron chi connectivity index (χ2n) is 4.66. The Morgan fingerprint density at radius 3 is 2.90 bits per heavy atom. The second-order valence-corrected chi connectivity index (χ2v) is 4.66. The van der Waals surface area contributed by atoms with Crippen molar-refractivity contribution < 1.29 is 19.1 Å². The molecule has 0 spiro atoms. The maximum Gasteiger partial charge on any atom is 0.337 e. The van der Waals surface area contributed by atoms with Crippen molar-refractivity contribution in [3.63, 3.8) is 0 Å². The highest BCUT2D eigenvalue weighted by molar-refractivity contribution is 5.98. The zero-order valence-electron chi connectivity index (χ0n) is 11.6. The van der Waals surface area contributed by atoms with Gasteiger partial charge in [0.25, 0.3) is 5.95 Å². The van der Waals surface area contributed by atoms with Gasteiger partial charge in [-0.2, -0.15) is 0 Å². The Balaban J connectivity index is 2.22. The summed E-state index contributed by atoms with van der Waals surface area (Å²) in [5, 5.41) is 10.5. The monoisotopic (exact) mass is 283 g/mol. The molecule has 5 nitrogen and oxygen atoms in total. The molecule has 0 amide bonds. The molecule has 0 radical (unpaired) electrons. The molecule has 5 heteroatoms. The number of aryl methyl sites for hydroxylation is 1. The minimum absolute atomic E-state index is 0.172. The fourth-order valence-electron chi connectivity index (χ4n) is 2.30. The van der Waals surface area contributed by atoms with Gasteiger partial charge in [-0.15, -0.1) is 0 Å². The van der Waals surface area contributed by atoms with E-state index in [1.54, 1.807) is 36.5 Å². The number of esters is 1. The van der Waals surface area contributed by atoms with Gasteiger partial charge in [-0.3, -0.25) is 4.98 Å². The van der Waals surface area contributed by atoms with Crippen LogP contribution >= 0.6 is 0 Å². The first kappa shape index (κ1) is 13.2. The molecule has 2 heterocycles. The molecule has 0 aliphatic heterocycles. The zero-order valence-corrected chi connectivity index (χ0v) is 11.6. The highest BCUT2D eigenvalue weighted by atomic mass is 16.5. The zero-order chi connectivity index (χ0) is 15.0. The van der Waals surface area contributed by atoms with E-state index in [-0.39, 0.29) is 5.95 Å². The van der Waals surface area contributed by atoms with Gasteiger partial charge in [0.1, 0.15) is 5.52 Å². The molecule has 0 bridgehead atoms. The number of pyridine rings is 1. The largest absolute Gasteiger partial charge is 0.480 e. The van der Waals surface area contributed by atoms with Gasteiger partial charge >= 0.3 is 5.97 Å². The van der Waals surface area contributed by atoms with Gasteiger partial charge in [-0.25, -0.2) is 4.79 Å². The maximum absolute atomic E-state index is 11.6. The number of aromatic nitrogens is 1. The molecule has 3 aromatic rings. The fourth-order valence-corrected chi connectivity index (χ4v) is 2.30. The topological polar surface area (TPSA) is 72.6 Å². The molecule has 21 heavy (non-hydrogen) atoms. The summed E-state index contributed by atoms with van der Waals surface area (Å²) >= 11 is 0. The van der Waals surface area contributed by atoms with Crippen molar-refractivity contribution in [1.82, 2.24) is 4.98 Å². The van der Waals surface area contributed by atoms with Crippen molar-refractivity contribution in [2.24, 2.45) is 0 Å². The van der Waals surface area contributed by atoms with Crippen molar-refractivity contribution in [2.45, 2.75) is 6.92 Å². The van der Waals surface area contributed by atoms with E-state index in [0.29, 0.717) is 27.8 Å². The number of rotatable bonds is 2. The lowest BCUT2D eigenvalue weighted by molar-refractivity contribution is 0.0601. The van der Waals surface area contributed by atoms with Gasteiger partial charge in [0, 0.05) is 11.8 Å². The molecule has 2 aromatic heterocycles. The summed E-state index contributed by atoms with van der Waals surface area (Å²) in [6.07, 6.45) is 1.65. The van der Waals surface area contributed by atoms with Crippen LogP contribution in [0.25, 0.3) is 22.2 Å². The number of methoxy groups -OCH3 is 1. The number of carbonyl (C=O) groups is 1. The molecule has 0 aliphatic rings. The quantitative estimate of drug-likeness (QED) is 0.730. The normalized spacial score (nSPS) is 10.8. The van der Waals surface area contributed by atoms with Crippen LogP contribution in [-0.2, 0) is 4.74 Å². The molecule has 3 rings (SSSR count). The SMILES string of the molecule is COC(=O)c1cccc(-c2oc(O)c3c(C)ccnc23)c1. The lowest BCUT2D eigenvalue weighted by Gasteiger charge is -2.02. The average molecular weight is 283 g/mol. The molecule has 1 N–H and O–H groups in total. The molecular formula is C16H13NO4. The van der Waals surface area contributed by atoms with Gasteiger partial charge < -0.3 is 14.3 Å². The number of ether oxygens (including phenoxy) is 1. The highest BCUT2D eigenvalue weighted by Gasteiger charge is 2.18. The molecule has 106 valence electrons. The molecule has 0 aliphatic carbocycles. The number of nitrogens with zero attached hydrogens (tertiary/aromatic N) is 1. The lowest BCUT2D eigenvalue weighted by Crippen LogP contribution is -2.00. The number of fused-ring (bicyclic) bond motifs is 1. The van der Waals surface area contributed by atoms with Gasteiger partial charge in [-0.05, 0) is 30.7 Å². The van der Waals surface area contributed by atoms with Crippen molar-refractivity contribution in [3.05, 3.63) is 47.7 Å². The number of carbonyl (C=O) groups excluding carboxylic acids is 1. The smallest absolute Gasteiger partial charge is 0.337 e. The van der Waals surface area contributed by atoms with Gasteiger partial charge in [0.05, 0.1) is 18.1 Å². The third-order valence-corrected chi connectivity index (χ3v) is 3.33. The Kier molecular flexibility index (Phi) is 3.10. The number of hydrogen-bond donors (Lipinski definition) is 1. The summed E-state index contributed by atoms with van der Waals surface area (Å²) in [4.78, 5) is 15.9. The van der Waals surface area contributed by atoms with Crippen LogP contribution in [0, 0.1) is 6.92 Å². The fraction of sp³-hybridized carbons (Fsp3) is 0.125. The van der Waals surface area contributed by atoms with Gasteiger partial charge in [0.2, 0.25) is 0 Å². The van der Waals surface area contributed by atoms with Crippen LogP contribution in [0.5, 0.6) is 5.95 Å². The molecular weight excluding hydrogens is 270 g/mol. The maximum atomic E-state index is 11.6. The summed E-state index contributed by atoms with van der Waals surface area (Å²) in [7, 11) is 1.33. The van der Waals surface area contributed by atoms with E-state index in [0.717, 1.165) is 5.56 Å². The molecule has 0 saturated heterocycles. The first-order valence-corrected chi connectivity index (χ1v) is 6.37. The molecule has 0 fully saturated rings. The van der Waals surface area contributed by atoms with E-state index in [2.05, 4.69) is 4.98 Å². The predicted molar refractivity (Wildman–Crippen MR) is 77.2 cm³/mol. The van der Waals surface area contributed by atoms with Crippen LogP contribution in [0.1, 0.15) is 15.9 Å². The van der Waals surface area contributed by atoms with E-state index in [1.807, 2.05) is 6.92 Å². The Morgan fingerprint density at radius 2 is 2.14 bits per heavy atom. The molecule has 1 aromatic carbocycles. The van der Waals surface area contributed by atoms with Crippen molar-refractivity contribution >= 4 is 16.9 Å². The van der Waals surface area contributed by atoms with Crippen LogP contribution < -0.4 is 0 Å². The summed E-state index contributed by atoms with van der Waals surface area (Å²) in [5.74, 6) is -0.174. The molecule has 0 atom stereocenters. The van der Waals surface area contributed by atoms with E-state index in [1.165, 1.54) is 7.11 Å². The number of hydrogen-bond acceptors (Lipinski definition) is 5. The Bertz CT molecular complexity index is 835. The first-order chi connectivity index (χ1) is 10.1. The van der Waals surface area contributed by atoms with Crippen LogP contribution in [-0.4, -0.2) is 23.2 Å². The Hall–Kier alpha value is -2.82. The third-order valence-electron chi connectivity index (χ3n) is 3.33. The first-order valence-electron chi connectivity index (χ1n) is 6.37. The van der Waals surface area contributed by atoms with Crippen molar-refractivity contribution in [2.75, 3.05) is 7.11 Å². The Labute approximate surface area is 120 Å². The van der Waals surface area contributed by atoms with E-state index >= 15 is 0 Å². The standard InChI is InChI=1S/C16H13NO4/c1-9-6-7-17-13-12(9)16(19)21-14(13)10-4-3-5-11(8-10)15(18)20-2/h3-8,19H,1-2H3.